The van der Waals surface area contributed by atoms with E-state index in [-0.39, 0.29) is 10.7 Å². The summed E-state index contributed by atoms with van der Waals surface area (Å²) in [5.41, 5.74) is 0.155. The van der Waals surface area contributed by atoms with Crippen LogP contribution < -0.4 is 0 Å². The smallest absolute Gasteiger partial charge is 0.227 e. The number of hydrogen-bond donors (Lipinski definition) is 0. The molecule has 1 fully saturated rings. The first kappa shape index (κ1) is 12.0. The Morgan fingerprint density at radius 3 is 1.86 bits per heavy atom. The molecule has 0 heterocycles. The molecule has 0 aromatic rings. The van der Waals surface area contributed by atoms with Crippen LogP contribution >= 0.6 is 11.6 Å². The highest BCUT2D eigenvalue weighted by Crippen LogP contribution is 2.49. The molecule has 14 heavy (non-hydrogen) atoms. The summed E-state index contributed by atoms with van der Waals surface area (Å²) in [5.74, 6) is 0.692. The molecule has 1 rings (SSSR count). The number of hydrogen-bond acceptors (Lipinski definition) is 1. The van der Waals surface area contributed by atoms with Crippen LogP contribution in [0.4, 0.5) is 0 Å². The molecule has 1 saturated carbocycles. The van der Waals surface area contributed by atoms with Crippen molar-refractivity contribution >= 4 is 16.8 Å². The lowest BCUT2D eigenvalue weighted by molar-refractivity contribution is -0.123. The summed E-state index contributed by atoms with van der Waals surface area (Å²) in [7, 11) is 0. The van der Waals surface area contributed by atoms with Gasteiger partial charge in [-0.3, -0.25) is 4.79 Å². The van der Waals surface area contributed by atoms with Crippen molar-refractivity contribution in [1.82, 2.24) is 0 Å². The van der Waals surface area contributed by atoms with Crippen LogP contribution in [0.25, 0.3) is 0 Å². The van der Waals surface area contributed by atoms with E-state index in [0.717, 1.165) is 25.7 Å². The van der Waals surface area contributed by atoms with Crippen LogP contribution in [0.5, 0.6) is 0 Å². The SMILES string of the molecule is CC(C)C1(C)CCC(C)(C(=O)Cl)CC1. The van der Waals surface area contributed by atoms with Crippen molar-refractivity contribution in [3.05, 3.63) is 0 Å². The van der Waals surface area contributed by atoms with Gasteiger partial charge < -0.3 is 0 Å². The number of halogens is 1. The monoisotopic (exact) mass is 216 g/mol. The van der Waals surface area contributed by atoms with Gasteiger partial charge in [0.05, 0.1) is 0 Å². The first-order valence-electron chi connectivity index (χ1n) is 5.50. The van der Waals surface area contributed by atoms with Crippen LogP contribution in [0, 0.1) is 16.7 Å². The summed E-state index contributed by atoms with van der Waals surface area (Å²) in [6.45, 7) is 8.87. The Kier molecular flexibility index (Phi) is 3.30. The molecule has 0 bridgehead atoms. The second-order valence-electron chi connectivity index (χ2n) is 5.64. The molecule has 0 saturated heterocycles. The molecule has 82 valence electrons. The van der Waals surface area contributed by atoms with Crippen LogP contribution in [0.2, 0.25) is 0 Å². The highest BCUT2D eigenvalue weighted by Gasteiger charge is 2.42. The van der Waals surface area contributed by atoms with Crippen molar-refractivity contribution in [3.8, 4) is 0 Å². The number of carbonyl (C=O) groups is 1. The lowest BCUT2D eigenvalue weighted by Crippen LogP contribution is -2.37. The predicted molar refractivity (Wildman–Crippen MR) is 60.4 cm³/mol. The van der Waals surface area contributed by atoms with Gasteiger partial charge in [-0.1, -0.05) is 27.7 Å². The lowest BCUT2D eigenvalue weighted by Gasteiger charge is -2.43. The fraction of sp³-hybridized carbons (Fsp3) is 0.917. The summed E-state index contributed by atoms with van der Waals surface area (Å²) in [5, 5.41) is -0.150. The Balaban J connectivity index is 2.66. The highest BCUT2D eigenvalue weighted by molar-refractivity contribution is 6.64. The largest absolute Gasteiger partial charge is 0.281 e. The van der Waals surface area contributed by atoms with E-state index >= 15 is 0 Å². The maximum absolute atomic E-state index is 11.3. The molecule has 0 atom stereocenters. The van der Waals surface area contributed by atoms with Crippen LogP contribution in [0.1, 0.15) is 53.4 Å². The number of rotatable bonds is 2. The van der Waals surface area contributed by atoms with Gasteiger partial charge in [-0.05, 0) is 48.6 Å². The third-order valence-corrected chi connectivity index (χ3v) is 4.82. The molecule has 0 radical (unpaired) electrons. The first-order valence-corrected chi connectivity index (χ1v) is 5.88. The van der Waals surface area contributed by atoms with E-state index in [0.29, 0.717) is 11.3 Å². The molecule has 1 aliphatic carbocycles. The van der Waals surface area contributed by atoms with Crippen molar-refractivity contribution < 1.29 is 4.79 Å². The van der Waals surface area contributed by atoms with Gasteiger partial charge in [0.15, 0.2) is 0 Å². The Morgan fingerprint density at radius 2 is 1.57 bits per heavy atom. The summed E-state index contributed by atoms with van der Waals surface area (Å²) in [4.78, 5) is 11.3. The normalized spacial score (nSPS) is 38.7. The Labute approximate surface area is 92.2 Å². The van der Waals surface area contributed by atoms with E-state index in [9.17, 15) is 4.79 Å². The molecule has 0 spiro atoms. The molecular formula is C12H21ClO. The maximum Gasteiger partial charge on any atom is 0.227 e. The summed E-state index contributed by atoms with van der Waals surface area (Å²) in [6.07, 6.45) is 4.15. The summed E-state index contributed by atoms with van der Waals surface area (Å²) in [6, 6.07) is 0. The molecule has 1 aliphatic rings. The first-order chi connectivity index (χ1) is 6.30. The molecule has 2 heteroatoms. The van der Waals surface area contributed by atoms with Crippen LogP contribution in [0.15, 0.2) is 0 Å². The van der Waals surface area contributed by atoms with Crippen molar-refractivity contribution in [2.45, 2.75) is 53.4 Å². The van der Waals surface area contributed by atoms with Crippen LogP contribution in [-0.2, 0) is 4.79 Å². The Bertz CT molecular complexity index is 224. The van der Waals surface area contributed by atoms with Crippen LogP contribution in [-0.4, -0.2) is 5.24 Å². The van der Waals surface area contributed by atoms with Crippen molar-refractivity contribution in [2.75, 3.05) is 0 Å². The summed E-state index contributed by atoms with van der Waals surface area (Å²) >= 11 is 5.63. The fourth-order valence-corrected chi connectivity index (χ4v) is 2.34. The van der Waals surface area contributed by atoms with E-state index in [2.05, 4.69) is 20.8 Å². The maximum atomic E-state index is 11.3. The molecule has 0 unspecified atom stereocenters. The third-order valence-electron chi connectivity index (χ3n) is 4.36. The standard InChI is InChI=1S/C12H21ClO/c1-9(2)11(3)5-7-12(4,8-6-11)10(13)14/h9H,5-8H2,1-4H3. The van der Waals surface area contributed by atoms with Crippen LogP contribution in [0.3, 0.4) is 0 Å². The van der Waals surface area contributed by atoms with Gasteiger partial charge in [0.2, 0.25) is 5.24 Å². The van der Waals surface area contributed by atoms with E-state index in [1.165, 1.54) is 0 Å². The van der Waals surface area contributed by atoms with Gasteiger partial charge >= 0.3 is 0 Å². The zero-order chi connectivity index (χ0) is 11.0. The van der Waals surface area contributed by atoms with E-state index < -0.39 is 0 Å². The zero-order valence-electron chi connectivity index (χ0n) is 9.69. The molecule has 0 aromatic heterocycles. The quantitative estimate of drug-likeness (QED) is 0.638. The van der Waals surface area contributed by atoms with Gasteiger partial charge in [0.1, 0.15) is 0 Å². The molecule has 1 nitrogen and oxygen atoms in total. The minimum Gasteiger partial charge on any atom is -0.281 e. The third kappa shape index (κ3) is 2.13. The van der Waals surface area contributed by atoms with Gasteiger partial charge in [-0.25, -0.2) is 0 Å². The van der Waals surface area contributed by atoms with E-state index in [4.69, 9.17) is 11.6 Å². The topological polar surface area (TPSA) is 17.1 Å². The highest BCUT2D eigenvalue weighted by atomic mass is 35.5. The van der Waals surface area contributed by atoms with Gasteiger partial charge in [-0.15, -0.1) is 0 Å². The molecule has 0 aliphatic heterocycles. The Hall–Kier alpha value is -0.0400. The second-order valence-corrected chi connectivity index (χ2v) is 5.99. The molecule has 0 amide bonds. The predicted octanol–water partition coefficient (Wildman–Crippen LogP) is 3.99. The van der Waals surface area contributed by atoms with Crippen molar-refractivity contribution in [2.24, 2.45) is 16.7 Å². The van der Waals surface area contributed by atoms with Gasteiger partial charge in [0.25, 0.3) is 0 Å². The summed E-state index contributed by atoms with van der Waals surface area (Å²) < 4.78 is 0. The molecular weight excluding hydrogens is 196 g/mol. The van der Waals surface area contributed by atoms with Gasteiger partial charge in [-0.2, -0.15) is 0 Å². The van der Waals surface area contributed by atoms with E-state index in [1.54, 1.807) is 0 Å². The second kappa shape index (κ2) is 3.84. The van der Waals surface area contributed by atoms with E-state index in [1.807, 2.05) is 6.92 Å². The molecule has 0 N–H and O–H groups in total. The fourth-order valence-electron chi connectivity index (χ4n) is 2.15. The van der Waals surface area contributed by atoms with Crippen molar-refractivity contribution in [3.63, 3.8) is 0 Å². The molecule has 0 aromatic carbocycles. The lowest BCUT2D eigenvalue weighted by atomic mass is 9.61. The zero-order valence-corrected chi connectivity index (χ0v) is 10.4. The van der Waals surface area contributed by atoms with Gasteiger partial charge in [0, 0.05) is 5.41 Å². The Morgan fingerprint density at radius 1 is 1.14 bits per heavy atom. The minimum absolute atomic E-state index is 0.150. The van der Waals surface area contributed by atoms with Crippen molar-refractivity contribution in [1.29, 1.82) is 0 Å². The average molecular weight is 217 g/mol. The minimum atomic E-state index is -0.254. The number of carbonyl (C=O) groups excluding carboxylic acids is 1. The average Bonchev–Trinajstić information content (AvgIpc) is 2.10.